The first-order valence-electron chi connectivity index (χ1n) is 14.3. The summed E-state index contributed by atoms with van der Waals surface area (Å²) in [5.41, 5.74) is 1.63. The largest absolute Gasteiger partial charge is 0.478 e. The minimum absolute atomic E-state index is 0.0493. The Hall–Kier alpha value is -3.55. The molecule has 7 nitrogen and oxygen atoms in total. The van der Waals surface area contributed by atoms with Crippen molar-refractivity contribution < 1.29 is 45.1 Å². The van der Waals surface area contributed by atoms with Gasteiger partial charge in [0.1, 0.15) is 6.04 Å². The molecule has 3 aromatic rings. The predicted octanol–water partition coefficient (Wildman–Crippen LogP) is 7.17. The van der Waals surface area contributed by atoms with Crippen LogP contribution in [-0.2, 0) is 21.4 Å². The van der Waals surface area contributed by atoms with Gasteiger partial charge in [-0.1, -0.05) is 55.1 Å². The van der Waals surface area contributed by atoms with Crippen LogP contribution in [0.2, 0.25) is 5.02 Å². The van der Waals surface area contributed by atoms with Crippen molar-refractivity contribution in [1.82, 2.24) is 4.31 Å². The summed E-state index contributed by atoms with van der Waals surface area (Å²) in [5.74, 6) is -14.2. The third-order valence-corrected chi connectivity index (χ3v) is 10.6. The van der Waals surface area contributed by atoms with E-state index in [0.717, 1.165) is 36.1 Å². The van der Waals surface area contributed by atoms with Crippen molar-refractivity contribution in [2.24, 2.45) is 0 Å². The zero-order chi connectivity index (χ0) is 32.6. The lowest BCUT2D eigenvalue weighted by Gasteiger charge is -2.30. The summed E-state index contributed by atoms with van der Waals surface area (Å²) < 4.78 is 98.1. The second-order valence-electron chi connectivity index (χ2n) is 11.1. The number of carboxylic acid groups (broad SMARTS) is 1. The molecule has 0 aromatic heterocycles. The molecule has 45 heavy (non-hydrogen) atoms. The fourth-order valence-corrected chi connectivity index (χ4v) is 8.06. The number of benzene rings is 3. The summed E-state index contributed by atoms with van der Waals surface area (Å²) in [4.78, 5) is 24.8. The molecule has 2 fully saturated rings. The number of rotatable bonds is 8. The summed E-state index contributed by atoms with van der Waals surface area (Å²) in [6.45, 7) is -0.555. The number of carboxylic acids is 1. The minimum Gasteiger partial charge on any atom is -0.478 e. The summed E-state index contributed by atoms with van der Waals surface area (Å²) in [6.07, 6.45) is 5.51. The molecule has 3 aromatic carbocycles. The molecular weight excluding hydrogens is 643 g/mol. The molecule has 0 bridgehead atoms. The number of anilines is 1. The second-order valence-corrected chi connectivity index (χ2v) is 13.4. The Bertz CT molecular complexity index is 1720. The van der Waals surface area contributed by atoms with Crippen LogP contribution in [0.3, 0.4) is 0 Å². The molecule has 0 spiro atoms. The van der Waals surface area contributed by atoms with Crippen LogP contribution in [0.1, 0.15) is 72.3 Å². The fraction of sp³-hybridized carbons (Fsp3) is 0.355. The van der Waals surface area contributed by atoms with Crippen molar-refractivity contribution in [2.45, 2.75) is 68.3 Å². The second kappa shape index (κ2) is 13.1. The van der Waals surface area contributed by atoms with Crippen LogP contribution in [0.4, 0.5) is 27.6 Å². The van der Waals surface area contributed by atoms with Crippen molar-refractivity contribution >= 4 is 39.2 Å². The number of nitrogens with zero attached hydrogens (tertiary/aromatic N) is 2. The molecule has 240 valence electrons. The van der Waals surface area contributed by atoms with Crippen LogP contribution < -0.4 is 4.90 Å². The molecule has 1 N–H and O–H groups in total. The monoisotopic (exact) mass is 670 g/mol. The average Bonchev–Trinajstić information content (AvgIpc) is 3.53. The van der Waals surface area contributed by atoms with Gasteiger partial charge in [-0.15, -0.1) is 0 Å². The molecule has 1 saturated carbocycles. The van der Waals surface area contributed by atoms with E-state index in [1.807, 2.05) is 24.3 Å². The molecule has 5 rings (SSSR count). The summed E-state index contributed by atoms with van der Waals surface area (Å²) in [7, 11) is -5.40. The molecule has 1 aliphatic heterocycles. The molecule has 1 amide bonds. The van der Waals surface area contributed by atoms with E-state index in [1.165, 1.54) is 24.6 Å². The molecule has 1 saturated heterocycles. The number of carbonyl (C=O) groups is 2. The molecule has 1 aliphatic carbocycles. The third kappa shape index (κ3) is 6.30. The summed E-state index contributed by atoms with van der Waals surface area (Å²) >= 11 is 6.19. The highest BCUT2D eigenvalue weighted by atomic mass is 35.5. The number of hydrogen-bond acceptors (Lipinski definition) is 4. The first kappa shape index (κ1) is 32.8. The zero-order valence-corrected chi connectivity index (χ0v) is 25.3. The van der Waals surface area contributed by atoms with E-state index in [4.69, 9.17) is 11.6 Å². The summed E-state index contributed by atoms with van der Waals surface area (Å²) in [6, 6.07) is 9.64. The molecule has 2 aliphatic rings. The maximum absolute atomic E-state index is 14.6. The van der Waals surface area contributed by atoms with Gasteiger partial charge >= 0.3 is 5.97 Å². The van der Waals surface area contributed by atoms with Gasteiger partial charge in [0.2, 0.25) is 21.7 Å². The van der Waals surface area contributed by atoms with Crippen molar-refractivity contribution in [3.63, 3.8) is 0 Å². The van der Waals surface area contributed by atoms with Gasteiger partial charge in [0.25, 0.3) is 0 Å². The Balaban J connectivity index is 1.52. The van der Waals surface area contributed by atoms with Crippen LogP contribution in [-0.4, -0.2) is 42.3 Å². The summed E-state index contributed by atoms with van der Waals surface area (Å²) in [5, 5.41) is 9.20. The highest BCUT2D eigenvalue weighted by Gasteiger charge is 2.45. The Morgan fingerprint density at radius 2 is 1.44 bits per heavy atom. The van der Waals surface area contributed by atoms with Crippen LogP contribution in [0, 0.1) is 29.1 Å². The lowest BCUT2D eigenvalue weighted by molar-refractivity contribution is -0.121. The zero-order valence-electron chi connectivity index (χ0n) is 23.7. The van der Waals surface area contributed by atoms with E-state index >= 15 is 0 Å². The van der Waals surface area contributed by atoms with Gasteiger partial charge in [-0.2, -0.15) is 4.31 Å². The standard InChI is InChI=1S/C31H28ClF5N2O5S/c32-22-15-20(12-13-21(22)31(41)42)38(16-17-8-10-19(11-9-17)18-5-2-1-3-6-18)30(40)23-7-4-14-39(23)45(43,44)29-27(36)25(34)24(33)26(35)28(29)37/h8-13,15,18,23H,1-7,14,16H2,(H,41,42)/t23-/m1/s1. The maximum atomic E-state index is 14.6. The highest BCUT2D eigenvalue weighted by Crippen LogP contribution is 2.36. The van der Waals surface area contributed by atoms with E-state index in [2.05, 4.69) is 0 Å². The molecule has 0 unspecified atom stereocenters. The van der Waals surface area contributed by atoms with Crippen LogP contribution >= 0.6 is 11.6 Å². The number of amides is 1. The van der Waals surface area contributed by atoms with Gasteiger partial charge < -0.3 is 10.0 Å². The van der Waals surface area contributed by atoms with Gasteiger partial charge in [0.05, 0.1) is 17.1 Å². The highest BCUT2D eigenvalue weighted by molar-refractivity contribution is 7.89. The van der Waals surface area contributed by atoms with E-state index in [1.54, 1.807) is 0 Å². The van der Waals surface area contributed by atoms with E-state index < -0.39 is 68.5 Å². The van der Waals surface area contributed by atoms with E-state index in [0.29, 0.717) is 15.8 Å². The molecular formula is C31H28ClF5N2O5S. The van der Waals surface area contributed by atoms with Crippen LogP contribution in [0.25, 0.3) is 0 Å². The number of halogens is 6. The van der Waals surface area contributed by atoms with Gasteiger partial charge in [-0.25, -0.2) is 35.2 Å². The molecule has 1 atom stereocenters. The lowest BCUT2D eigenvalue weighted by Crippen LogP contribution is -2.48. The molecule has 14 heteroatoms. The Morgan fingerprint density at radius 3 is 2.02 bits per heavy atom. The Morgan fingerprint density at radius 1 is 0.844 bits per heavy atom. The maximum Gasteiger partial charge on any atom is 0.337 e. The first-order chi connectivity index (χ1) is 21.3. The number of carbonyl (C=O) groups excluding carboxylic acids is 1. The average molecular weight is 671 g/mol. The Labute approximate surface area is 261 Å². The van der Waals surface area contributed by atoms with Crippen molar-refractivity contribution in [1.29, 1.82) is 0 Å². The fourth-order valence-electron chi connectivity index (χ4n) is 6.04. The normalized spacial score (nSPS) is 17.9. The van der Waals surface area contributed by atoms with E-state index in [9.17, 15) is 45.1 Å². The number of sulfonamides is 1. The SMILES string of the molecule is O=C(O)c1ccc(N(Cc2ccc(C3CCCCC3)cc2)C(=O)[C@H]2CCCN2S(=O)(=O)c2c(F)c(F)c(F)c(F)c2F)cc1Cl. The molecule has 0 radical (unpaired) electrons. The van der Waals surface area contributed by atoms with Crippen molar-refractivity contribution in [2.75, 3.05) is 11.4 Å². The van der Waals surface area contributed by atoms with Crippen molar-refractivity contribution in [3.05, 3.63) is 93.3 Å². The third-order valence-electron chi connectivity index (χ3n) is 8.38. The van der Waals surface area contributed by atoms with Crippen LogP contribution in [0.5, 0.6) is 0 Å². The van der Waals surface area contributed by atoms with Gasteiger partial charge in [-0.3, -0.25) is 4.79 Å². The number of hydrogen-bond donors (Lipinski definition) is 1. The Kier molecular flexibility index (Phi) is 9.52. The first-order valence-corrected chi connectivity index (χ1v) is 16.1. The smallest absolute Gasteiger partial charge is 0.337 e. The van der Waals surface area contributed by atoms with Gasteiger partial charge in [0, 0.05) is 12.2 Å². The quantitative estimate of drug-likeness (QED) is 0.156. The van der Waals surface area contributed by atoms with Gasteiger partial charge in [-0.05, 0) is 60.9 Å². The lowest BCUT2D eigenvalue weighted by atomic mass is 9.84. The number of aromatic carboxylic acids is 1. The van der Waals surface area contributed by atoms with Gasteiger partial charge in [0.15, 0.2) is 28.2 Å². The predicted molar refractivity (Wildman–Crippen MR) is 155 cm³/mol. The molecule has 1 heterocycles. The van der Waals surface area contributed by atoms with Crippen molar-refractivity contribution in [3.8, 4) is 0 Å². The van der Waals surface area contributed by atoms with Crippen LogP contribution in [0.15, 0.2) is 47.4 Å². The van der Waals surface area contributed by atoms with E-state index in [-0.39, 0.29) is 35.7 Å². The topological polar surface area (TPSA) is 95.0 Å². The minimum atomic E-state index is -5.40.